The van der Waals surface area contributed by atoms with E-state index in [1.54, 1.807) is 9.80 Å². The molecular weight excluding hydrogens is 1330 g/mol. The smallest absolute Gasteiger partial charge is 0.336 e. The lowest BCUT2D eigenvalue weighted by Crippen LogP contribution is -2.60. The number of carboxylic acid groups (broad SMARTS) is 1. The zero-order valence-electron chi connectivity index (χ0n) is 61.4. The maximum absolute atomic E-state index is 13.7. The number of aromatic hydroxyl groups is 3. The minimum Gasteiger partial charge on any atom is -0.508 e. The third kappa shape index (κ3) is 12.6. The summed E-state index contributed by atoms with van der Waals surface area (Å²) in [5.74, 6) is -0.864. The second-order valence-corrected chi connectivity index (χ2v) is 41.7. The van der Waals surface area contributed by atoms with Gasteiger partial charge in [-0.2, -0.15) is 0 Å². The van der Waals surface area contributed by atoms with Crippen LogP contribution in [-0.4, -0.2) is 169 Å². The Morgan fingerprint density at radius 1 is 0.400 bits per heavy atom. The predicted octanol–water partition coefficient (Wildman–Crippen LogP) is 12.3. The van der Waals surface area contributed by atoms with Crippen LogP contribution in [0.4, 0.5) is 0 Å². The van der Waals surface area contributed by atoms with E-state index in [9.17, 15) is 60.1 Å². The van der Waals surface area contributed by atoms with E-state index in [1.165, 1.54) is 49.2 Å². The van der Waals surface area contributed by atoms with Crippen molar-refractivity contribution in [1.29, 1.82) is 0 Å². The predicted molar refractivity (Wildman–Crippen MR) is 382 cm³/mol. The van der Waals surface area contributed by atoms with Crippen LogP contribution in [0.15, 0.2) is 51.1 Å². The molecule has 12 atom stereocenters. The molecule has 3 aromatic carbocycles. The van der Waals surface area contributed by atoms with Gasteiger partial charge >= 0.3 is 5.97 Å². The maximum Gasteiger partial charge on any atom is 0.336 e. The lowest BCUT2D eigenvalue weighted by molar-refractivity contribution is -0.0983. The summed E-state index contributed by atoms with van der Waals surface area (Å²) in [5.41, 5.74) is 1.16. The van der Waals surface area contributed by atoms with E-state index in [0.717, 1.165) is 110 Å². The van der Waals surface area contributed by atoms with Crippen molar-refractivity contribution in [1.82, 2.24) is 15.1 Å². The van der Waals surface area contributed by atoms with Crippen LogP contribution in [0.5, 0.6) is 17.2 Å². The third-order valence-corrected chi connectivity index (χ3v) is 33.9. The van der Waals surface area contributed by atoms with Crippen LogP contribution in [0.25, 0.3) is 0 Å². The van der Waals surface area contributed by atoms with Gasteiger partial charge in [0, 0.05) is 50.4 Å². The summed E-state index contributed by atoms with van der Waals surface area (Å²) in [6.45, 7) is 34.9. The summed E-state index contributed by atoms with van der Waals surface area (Å²) in [7, 11) is -11.0. The molecule has 22 heteroatoms. The number of hydrogen-bond donors (Lipinski definition) is 5. The fourth-order valence-electron chi connectivity index (χ4n) is 24.1. The van der Waals surface area contributed by atoms with Gasteiger partial charge in [0.2, 0.25) is 0 Å². The average Bonchev–Trinajstić information content (AvgIpc) is 0.701. The molecule has 3 aromatic rings. The van der Waals surface area contributed by atoms with Crippen molar-refractivity contribution < 1.29 is 74.3 Å². The minimum atomic E-state index is -3.68. The summed E-state index contributed by atoms with van der Waals surface area (Å²) in [5, 5.41) is 43.9. The van der Waals surface area contributed by atoms with Gasteiger partial charge in [-0.3, -0.25) is 9.59 Å². The van der Waals surface area contributed by atoms with Gasteiger partial charge in [-0.05, 0) is 214 Å². The molecular formula is C78H113N3O16S3. The van der Waals surface area contributed by atoms with Crippen molar-refractivity contribution in [3.8, 4) is 17.2 Å². The Balaban J connectivity index is 0.000000137. The molecule has 0 bridgehead atoms. The van der Waals surface area contributed by atoms with E-state index < -0.39 is 51.7 Å². The molecule has 3 saturated heterocycles. The maximum atomic E-state index is 13.7. The molecule has 6 aliphatic carbocycles. The second-order valence-electron chi connectivity index (χ2n) is 35.6. The first-order valence-corrected chi connectivity index (χ1v) is 42.2. The first kappa shape index (κ1) is 74.9. The molecule has 9 fully saturated rings. The Morgan fingerprint density at radius 3 is 0.950 bits per heavy atom. The van der Waals surface area contributed by atoms with E-state index in [4.69, 9.17) is 14.2 Å². The summed E-state index contributed by atoms with van der Waals surface area (Å²) in [6.07, 6.45) is 15.3. The zero-order valence-corrected chi connectivity index (χ0v) is 63.9. The van der Waals surface area contributed by atoms with Gasteiger partial charge in [-0.1, -0.05) is 102 Å². The number of aromatic carboxylic acids is 1. The van der Waals surface area contributed by atoms with Crippen LogP contribution in [-0.2, 0) is 60.0 Å². The van der Waals surface area contributed by atoms with Gasteiger partial charge in [-0.25, -0.2) is 30.0 Å². The number of nitrogens with one attached hydrogen (secondary N) is 1. The number of phenolic OH excluding ortho intramolecular Hbond substituents is 3. The number of hydrogen-bond acceptors (Lipinski definition) is 16. The number of sulfone groups is 3. The number of morpholine rings is 3. The van der Waals surface area contributed by atoms with Crippen LogP contribution in [0, 0.1) is 68.0 Å². The number of nitrogens with zero attached hydrogens (tertiary/aromatic N) is 2. The standard InChI is InChI=1S/2C26H37NO5S.C22H30O5S.C4H9NO/c2*1-24(2)7-5-8-25(3)20(24)6-9-26(4)21(25)16-33(30,31)19-15-17(28)14-18(22(19)26)23(29)27-10-12-32-13-11-27;1-20(2)7-5-8-21(3)16(20)6-9-22(4)17(21)12-28(26,27)15-11-13(23)10-14(18(15)22)19(24)25;1-3-6-4-2-5-1/h2*14-15,20-21,28H,5-13,16H2,1-4H3;10-11,16-17,23H,5-9,12H2,1-4H3,(H,24,25);5H,1-4H2/t2*20-,21+,25-,26+;16-,17+,21-,22+;/m000./s1. The monoisotopic (exact) mass is 1440 g/mol. The number of ether oxygens (including phenoxy) is 3. The highest BCUT2D eigenvalue weighted by molar-refractivity contribution is 7.92. The molecule has 0 spiro atoms. The summed E-state index contributed by atoms with van der Waals surface area (Å²) < 4.78 is 97.2. The van der Waals surface area contributed by atoms with Crippen LogP contribution >= 0.6 is 0 Å². The Hall–Kier alpha value is -4.84. The van der Waals surface area contributed by atoms with E-state index in [1.807, 2.05) is 0 Å². The van der Waals surface area contributed by atoms with Crippen molar-refractivity contribution in [3.05, 3.63) is 69.8 Å². The van der Waals surface area contributed by atoms with E-state index >= 15 is 0 Å². The molecule has 0 aromatic heterocycles. The molecule has 6 heterocycles. The number of benzene rings is 3. The average molecular weight is 1440 g/mol. The number of fused-ring (bicyclic) bond motifs is 15. The molecule has 100 heavy (non-hydrogen) atoms. The second kappa shape index (κ2) is 26.3. The Bertz CT molecular complexity index is 3880. The molecule has 12 aliphatic rings. The number of amides is 2. The van der Waals surface area contributed by atoms with Crippen LogP contribution in [0.3, 0.4) is 0 Å². The molecule has 554 valence electrons. The topological polar surface area (TPSA) is 281 Å². The molecule has 0 unspecified atom stereocenters. The molecule has 5 N–H and O–H groups in total. The number of carbonyl (C=O) groups excluding carboxylic acids is 2. The van der Waals surface area contributed by atoms with Crippen LogP contribution in [0.2, 0.25) is 0 Å². The largest absolute Gasteiger partial charge is 0.508 e. The highest BCUT2D eigenvalue weighted by Gasteiger charge is 2.66. The van der Waals surface area contributed by atoms with Gasteiger partial charge in [-0.15, -0.1) is 0 Å². The summed E-state index contributed by atoms with van der Waals surface area (Å²) in [6, 6.07) is 8.21. The van der Waals surface area contributed by atoms with Gasteiger partial charge in [0.05, 0.1) is 77.1 Å². The SMILES string of the molecule is C1COCCN1.CC1(C)CCC[C@]2(C)[C@H]3CS(=O)(=O)c4cc(O)cc(C(=O)N5CCOCC5)c4[C@]3(C)CC[C@@H]12.CC1(C)CCC[C@]2(C)[C@H]3CS(=O)(=O)c4cc(O)cc(C(=O)N5CCOCC5)c4[C@]3(C)CC[C@@H]12.CC1(C)CCC[C@]2(C)[C@H]3CS(=O)(=O)c4cc(O)cc(C(=O)O)c4[C@]3(C)CC[C@@H]12. The lowest BCUT2D eigenvalue weighted by Gasteiger charge is -2.64. The third-order valence-electron chi connectivity index (χ3n) is 28.7. The van der Waals surface area contributed by atoms with Gasteiger partial charge in [0.1, 0.15) is 17.2 Å². The lowest BCUT2D eigenvalue weighted by atomic mass is 9.42. The number of carbonyl (C=O) groups is 3. The molecule has 19 nitrogen and oxygen atoms in total. The normalized spacial score (nSPS) is 36.4. The van der Waals surface area contributed by atoms with Crippen molar-refractivity contribution in [2.75, 3.05) is 96.2 Å². The van der Waals surface area contributed by atoms with E-state index in [2.05, 4.69) is 88.4 Å². The highest BCUT2D eigenvalue weighted by Crippen LogP contribution is 2.71. The Morgan fingerprint density at radius 2 is 0.680 bits per heavy atom. The summed E-state index contributed by atoms with van der Waals surface area (Å²) >= 11 is 0. The first-order valence-electron chi connectivity index (χ1n) is 37.2. The molecule has 0 radical (unpaired) electrons. The molecule has 2 amide bonds. The first-order chi connectivity index (χ1) is 46.6. The number of phenols is 3. The van der Waals surface area contributed by atoms with Gasteiger partial charge in [0.25, 0.3) is 11.8 Å². The van der Waals surface area contributed by atoms with Crippen molar-refractivity contribution in [3.63, 3.8) is 0 Å². The Kier molecular flexibility index (Phi) is 19.7. The van der Waals surface area contributed by atoms with E-state index in [0.29, 0.717) is 98.2 Å². The van der Waals surface area contributed by atoms with Crippen LogP contribution in [0.1, 0.15) is 227 Å². The van der Waals surface area contributed by atoms with Crippen LogP contribution < -0.4 is 5.32 Å². The molecule has 15 rings (SSSR count). The molecule has 6 aliphatic heterocycles. The summed E-state index contributed by atoms with van der Waals surface area (Å²) in [4.78, 5) is 43.2. The van der Waals surface area contributed by atoms with Crippen molar-refractivity contribution in [2.45, 2.75) is 210 Å². The fraction of sp³-hybridized carbons (Fsp3) is 0.731. The van der Waals surface area contributed by atoms with E-state index in [-0.39, 0.29) is 117 Å². The zero-order chi connectivity index (χ0) is 72.6. The number of rotatable bonds is 3. The van der Waals surface area contributed by atoms with Gasteiger partial charge in [0.15, 0.2) is 29.5 Å². The van der Waals surface area contributed by atoms with Crippen molar-refractivity contribution >= 4 is 47.3 Å². The minimum absolute atomic E-state index is 0.0146. The Labute approximate surface area is 594 Å². The van der Waals surface area contributed by atoms with Gasteiger partial charge < -0.3 is 49.8 Å². The highest BCUT2D eigenvalue weighted by atomic mass is 32.2. The fourth-order valence-corrected chi connectivity index (χ4v) is 31.1. The number of carboxylic acids is 1. The quantitative estimate of drug-likeness (QED) is 0.163. The van der Waals surface area contributed by atoms with Crippen molar-refractivity contribution in [2.24, 2.45) is 68.0 Å². The molecule has 6 saturated carbocycles.